The third-order valence-electron chi connectivity index (χ3n) is 4.25. The number of carbonyl (C=O) groups excluding carboxylic acids is 1. The highest BCUT2D eigenvalue weighted by molar-refractivity contribution is 5.86. The molecule has 4 heteroatoms. The number of nitrogens with zero attached hydrogens (tertiary/aromatic N) is 1. The van der Waals surface area contributed by atoms with Crippen molar-refractivity contribution in [2.45, 2.75) is 38.6 Å². The van der Waals surface area contributed by atoms with Crippen LogP contribution in [0.4, 0.5) is 0 Å². The van der Waals surface area contributed by atoms with Crippen LogP contribution in [-0.4, -0.2) is 42.6 Å². The van der Waals surface area contributed by atoms with Crippen molar-refractivity contribution in [3.8, 4) is 0 Å². The van der Waals surface area contributed by atoms with Gasteiger partial charge in [-0.1, -0.05) is 13.8 Å². The van der Waals surface area contributed by atoms with E-state index in [-0.39, 0.29) is 5.91 Å². The van der Waals surface area contributed by atoms with E-state index in [0.717, 1.165) is 31.8 Å². The molecule has 0 aliphatic carbocycles. The topological polar surface area (TPSA) is 55.6 Å². The lowest BCUT2D eigenvalue weighted by Gasteiger charge is -2.37. The largest absolute Gasteiger partial charge is 0.379 e. The summed E-state index contributed by atoms with van der Waals surface area (Å²) in [7, 11) is 0. The number of rotatable bonds is 2. The molecule has 0 aromatic carbocycles. The Kier molecular flexibility index (Phi) is 3.73. The lowest BCUT2D eigenvalue weighted by Crippen LogP contribution is -2.57. The summed E-state index contributed by atoms with van der Waals surface area (Å²) in [6.07, 6.45) is 2.89. The minimum atomic E-state index is -0.745. The molecule has 0 spiro atoms. The van der Waals surface area contributed by atoms with E-state index in [9.17, 15) is 4.79 Å². The molecule has 2 aliphatic heterocycles. The van der Waals surface area contributed by atoms with Crippen LogP contribution in [0.5, 0.6) is 0 Å². The van der Waals surface area contributed by atoms with Crippen molar-refractivity contribution < 1.29 is 9.53 Å². The fraction of sp³-hybridized carbons (Fsp3) is 0.923. The SMILES string of the molecule is CC(C)C1CCN(C(=O)C2(N)CCOC2)CC1. The van der Waals surface area contributed by atoms with Gasteiger partial charge in [-0.05, 0) is 31.1 Å². The van der Waals surface area contributed by atoms with Gasteiger partial charge in [-0.25, -0.2) is 0 Å². The van der Waals surface area contributed by atoms with Crippen LogP contribution >= 0.6 is 0 Å². The Balaban J connectivity index is 1.90. The molecule has 2 heterocycles. The molecule has 2 N–H and O–H groups in total. The average Bonchev–Trinajstić information content (AvgIpc) is 2.76. The van der Waals surface area contributed by atoms with Crippen molar-refractivity contribution in [2.75, 3.05) is 26.3 Å². The van der Waals surface area contributed by atoms with Crippen LogP contribution < -0.4 is 5.73 Å². The third kappa shape index (κ3) is 2.63. The van der Waals surface area contributed by atoms with Crippen LogP contribution in [0.2, 0.25) is 0 Å². The van der Waals surface area contributed by atoms with Gasteiger partial charge < -0.3 is 15.4 Å². The molecule has 0 saturated carbocycles. The molecule has 1 unspecified atom stereocenters. The predicted octanol–water partition coefficient (Wildman–Crippen LogP) is 0.999. The highest BCUT2D eigenvalue weighted by Gasteiger charge is 2.41. The number of hydrogen-bond acceptors (Lipinski definition) is 3. The van der Waals surface area contributed by atoms with Gasteiger partial charge in [0.05, 0.1) is 6.61 Å². The zero-order chi connectivity index (χ0) is 12.5. The smallest absolute Gasteiger partial charge is 0.245 e. The van der Waals surface area contributed by atoms with E-state index in [2.05, 4.69) is 13.8 Å². The van der Waals surface area contributed by atoms with Gasteiger partial charge in [-0.15, -0.1) is 0 Å². The fourth-order valence-corrected chi connectivity index (χ4v) is 2.83. The summed E-state index contributed by atoms with van der Waals surface area (Å²) in [6.45, 7) is 7.25. The molecule has 2 fully saturated rings. The maximum Gasteiger partial charge on any atom is 0.245 e. The quantitative estimate of drug-likeness (QED) is 0.783. The maximum absolute atomic E-state index is 12.3. The van der Waals surface area contributed by atoms with Crippen LogP contribution in [0.3, 0.4) is 0 Å². The van der Waals surface area contributed by atoms with Gasteiger partial charge in [0.1, 0.15) is 5.54 Å². The highest BCUT2D eigenvalue weighted by atomic mass is 16.5. The van der Waals surface area contributed by atoms with Gasteiger partial charge in [0.2, 0.25) is 5.91 Å². The first kappa shape index (κ1) is 12.8. The number of nitrogens with two attached hydrogens (primary N) is 1. The number of amides is 1. The average molecular weight is 240 g/mol. The molecule has 4 nitrogen and oxygen atoms in total. The molecule has 0 bridgehead atoms. The Bertz CT molecular complexity index is 277. The number of hydrogen-bond donors (Lipinski definition) is 1. The predicted molar refractivity (Wildman–Crippen MR) is 66.5 cm³/mol. The van der Waals surface area contributed by atoms with Gasteiger partial charge in [0.25, 0.3) is 0 Å². The Hall–Kier alpha value is -0.610. The first-order valence-corrected chi connectivity index (χ1v) is 6.69. The first-order valence-electron chi connectivity index (χ1n) is 6.69. The highest BCUT2D eigenvalue weighted by Crippen LogP contribution is 2.27. The lowest BCUT2D eigenvalue weighted by atomic mass is 9.86. The summed E-state index contributed by atoms with van der Waals surface area (Å²) < 4.78 is 5.26. The summed E-state index contributed by atoms with van der Waals surface area (Å²) in [6, 6.07) is 0. The molecule has 0 aromatic rings. The summed E-state index contributed by atoms with van der Waals surface area (Å²) in [5.41, 5.74) is 5.37. The van der Waals surface area contributed by atoms with Gasteiger partial charge in [-0.3, -0.25) is 4.79 Å². The summed E-state index contributed by atoms with van der Waals surface area (Å²) in [5, 5.41) is 0. The molecule has 1 atom stereocenters. The molecule has 0 radical (unpaired) electrons. The van der Waals surface area contributed by atoms with Crippen LogP contribution in [0.25, 0.3) is 0 Å². The lowest BCUT2D eigenvalue weighted by molar-refractivity contribution is -0.138. The van der Waals surface area contributed by atoms with Crippen molar-refractivity contribution in [3.63, 3.8) is 0 Å². The summed E-state index contributed by atoms with van der Waals surface area (Å²) in [5.74, 6) is 1.57. The molecule has 98 valence electrons. The molecule has 17 heavy (non-hydrogen) atoms. The van der Waals surface area contributed by atoms with Crippen molar-refractivity contribution >= 4 is 5.91 Å². The molecule has 0 aromatic heterocycles. The van der Waals surface area contributed by atoms with Crippen molar-refractivity contribution in [2.24, 2.45) is 17.6 Å². The third-order valence-corrected chi connectivity index (χ3v) is 4.25. The van der Waals surface area contributed by atoms with E-state index in [4.69, 9.17) is 10.5 Å². The van der Waals surface area contributed by atoms with Crippen molar-refractivity contribution in [1.29, 1.82) is 0 Å². The Morgan fingerprint density at radius 2 is 2.06 bits per heavy atom. The minimum Gasteiger partial charge on any atom is -0.379 e. The summed E-state index contributed by atoms with van der Waals surface area (Å²) >= 11 is 0. The maximum atomic E-state index is 12.3. The molecule has 1 amide bonds. The zero-order valence-corrected chi connectivity index (χ0v) is 10.9. The number of likely N-dealkylation sites (tertiary alicyclic amines) is 1. The van der Waals surface area contributed by atoms with E-state index >= 15 is 0 Å². The Labute approximate surface area is 103 Å². The molecule has 2 saturated heterocycles. The Morgan fingerprint density at radius 1 is 1.41 bits per heavy atom. The van der Waals surface area contributed by atoms with Gasteiger partial charge in [0, 0.05) is 19.7 Å². The molecular formula is C13H24N2O2. The van der Waals surface area contributed by atoms with Gasteiger partial charge in [0.15, 0.2) is 0 Å². The van der Waals surface area contributed by atoms with Crippen molar-refractivity contribution in [3.05, 3.63) is 0 Å². The number of carbonyl (C=O) groups is 1. The van der Waals surface area contributed by atoms with E-state index in [1.165, 1.54) is 0 Å². The minimum absolute atomic E-state index is 0.0946. The van der Waals surface area contributed by atoms with Crippen LogP contribution in [0.15, 0.2) is 0 Å². The molecule has 2 rings (SSSR count). The fourth-order valence-electron chi connectivity index (χ4n) is 2.83. The number of ether oxygens (including phenoxy) is 1. The van der Waals surface area contributed by atoms with E-state index in [1.807, 2.05) is 4.90 Å². The van der Waals surface area contributed by atoms with Crippen LogP contribution in [0.1, 0.15) is 33.1 Å². The second-order valence-corrected chi connectivity index (χ2v) is 5.83. The zero-order valence-electron chi connectivity index (χ0n) is 10.9. The van der Waals surface area contributed by atoms with Gasteiger partial charge >= 0.3 is 0 Å². The van der Waals surface area contributed by atoms with Gasteiger partial charge in [-0.2, -0.15) is 0 Å². The van der Waals surface area contributed by atoms with E-state index in [1.54, 1.807) is 0 Å². The van der Waals surface area contributed by atoms with Crippen molar-refractivity contribution in [1.82, 2.24) is 4.90 Å². The second kappa shape index (κ2) is 4.94. The van der Waals surface area contributed by atoms with Crippen LogP contribution in [0, 0.1) is 11.8 Å². The van der Waals surface area contributed by atoms with E-state index in [0.29, 0.717) is 25.6 Å². The molecular weight excluding hydrogens is 216 g/mol. The Morgan fingerprint density at radius 3 is 2.53 bits per heavy atom. The summed E-state index contributed by atoms with van der Waals surface area (Å²) in [4.78, 5) is 14.3. The van der Waals surface area contributed by atoms with E-state index < -0.39 is 5.54 Å². The van der Waals surface area contributed by atoms with Crippen LogP contribution in [-0.2, 0) is 9.53 Å². The molecule has 2 aliphatic rings. The standard InChI is InChI=1S/C13H24N2O2/c1-10(2)11-3-6-15(7-4-11)12(16)13(14)5-8-17-9-13/h10-11H,3-9,14H2,1-2H3. The first-order chi connectivity index (χ1) is 8.03. The normalized spacial score (nSPS) is 31.2. The second-order valence-electron chi connectivity index (χ2n) is 5.83. The number of piperidine rings is 1. The monoisotopic (exact) mass is 240 g/mol.